The molecule has 1 aromatic carbocycles. The van der Waals surface area contributed by atoms with Gasteiger partial charge in [-0.2, -0.15) is 5.10 Å². The van der Waals surface area contributed by atoms with Crippen molar-refractivity contribution in [2.24, 2.45) is 0 Å². The summed E-state index contributed by atoms with van der Waals surface area (Å²) < 4.78 is 29.2. The summed E-state index contributed by atoms with van der Waals surface area (Å²) in [5.74, 6) is -2.24. The Morgan fingerprint density at radius 3 is 2.65 bits per heavy atom. The van der Waals surface area contributed by atoms with Gasteiger partial charge in [0, 0.05) is 25.4 Å². The van der Waals surface area contributed by atoms with Crippen molar-refractivity contribution in [1.82, 2.24) is 19.3 Å². The number of fused-ring (bicyclic) bond motifs is 1. The second kappa shape index (κ2) is 5.79. The fraction of sp³-hybridized carbons (Fsp3) is 0.267. The van der Waals surface area contributed by atoms with E-state index in [2.05, 4.69) is 10.1 Å². The fourth-order valence-corrected chi connectivity index (χ4v) is 2.40. The zero-order valence-corrected chi connectivity index (χ0v) is 12.3. The molecule has 0 saturated heterocycles. The minimum atomic E-state index is -1.13. The topological polar surface area (TPSA) is 72.7 Å². The Morgan fingerprint density at radius 2 is 1.96 bits per heavy atom. The van der Waals surface area contributed by atoms with E-state index in [1.54, 1.807) is 10.9 Å². The predicted molar refractivity (Wildman–Crippen MR) is 80.3 cm³/mol. The molecule has 3 aromatic rings. The number of H-pyrrole nitrogens is 1. The van der Waals surface area contributed by atoms with Crippen molar-refractivity contribution < 1.29 is 8.78 Å². The van der Waals surface area contributed by atoms with Gasteiger partial charge in [-0.25, -0.2) is 13.6 Å². The van der Waals surface area contributed by atoms with Gasteiger partial charge >= 0.3 is 5.69 Å². The van der Waals surface area contributed by atoms with Gasteiger partial charge in [0.15, 0.2) is 11.6 Å². The van der Waals surface area contributed by atoms with Gasteiger partial charge in [-0.3, -0.25) is 14.0 Å². The van der Waals surface area contributed by atoms with Gasteiger partial charge in [-0.15, -0.1) is 0 Å². The van der Waals surface area contributed by atoms with Crippen LogP contribution in [-0.2, 0) is 19.5 Å². The number of nitrogens with zero attached hydrogens (tertiary/aromatic N) is 3. The average molecular weight is 320 g/mol. The van der Waals surface area contributed by atoms with Crippen LogP contribution in [0, 0.1) is 11.6 Å². The van der Waals surface area contributed by atoms with Crippen LogP contribution in [0.2, 0.25) is 0 Å². The van der Waals surface area contributed by atoms with E-state index in [0.29, 0.717) is 6.42 Å². The highest BCUT2D eigenvalue weighted by atomic mass is 19.2. The normalized spacial score (nSPS) is 11.3. The molecular formula is C15H14F2N4O2. The van der Waals surface area contributed by atoms with Gasteiger partial charge in [0.2, 0.25) is 0 Å². The standard InChI is InChI=1S/C15H14F2N4O2/c1-2-20-8-9(7-18-20)3-4-21-14(22)10-5-11(16)12(17)6-13(10)19-15(21)23/h5-8H,2-4H2,1H3,(H,19,23). The number of rotatable bonds is 4. The van der Waals surface area contributed by atoms with Crippen LogP contribution in [0.4, 0.5) is 8.78 Å². The van der Waals surface area contributed by atoms with Crippen molar-refractivity contribution >= 4 is 10.9 Å². The molecule has 23 heavy (non-hydrogen) atoms. The lowest BCUT2D eigenvalue weighted by Gasteiger charge is -2.06. The highest BCUT2D eigenvalue weighted by molar-refractivity contribution is 5.77. The van der Waals surface area contributed by atoms with Crippen LogP contribution < -0.4 is 11.2 Å². The first-order valence-electron chi connectivity index (χ1n) is 7.12. The molecule has 2 heterocycles. The van der Waals surface area contributed by atoms with Crippen LogP contribution in [-0.4, -0.2) is 19.3 Å². The quantitative estimate of drug-likeness (QED) is 0.790. The molecule has 0 spiro atoms. The van der Waals surface area contributed by atoms with Gasteiger partial charge in [-0.05, 0) is 25.0 Å². The molecule has 0 bridgehead atoms. The maximum Gasteiger partial charge on any atom is 0.328 e. The van der Waals surface area contributed by atoms with Gasteiger partial charge < -0.3 is 4.98 Å². The number of aromatic nitrogens is 4. The summed E-state index contributed by atoms with van der Waals surface area (Å²) in [5.41, 5.74) is -0.445. The maximum atomic E-state index is 13.3. The van der Waals surface area contributed by atoms with Crippen molar-refractivity contribution in [1.29, 1.82) is 0 Å². The Balaban J connectivity index is 1.99. The first-order valence-corrected chi connectivity index (χ1v) is 7.12. The summed E-state index contributed by atoms with van der Waals surface area (Å²) >= 11 is 0. The summed E-state index contributed by atoms with van der Waals surface area (Å²) in [6.45, 7) is 2.79. The minimum absolute atomic E-state index is 0.0195. The molecule has 0 atom stereocenters. The molecule has 3 rings (SSSR count). The van der Waals surface area contributed by atoms with Crippen LogP contribution in [0.5, 0.6) is 0 Å². The Kier molecular flexibility index (Phi) is 3.81. The van der Waals surface area contributed by atoms with Crippen molar-refractivity contribution in [2.45, 2.75) is 26.4 Å². The van der Waals surface area contributed by atoms with Crippen LogP contribution in [0.15, 0.2) is 34.1 Å². The number of nitrogens with one attached hydrogen (secondary N) is 1. The monoisotopic (exact) mass is 320 g/mol. The third kappa shape index (κ3) is 2.79. The molecule has 2 aromatic heterocycles. The first kappa shape index (κ1) is 15.1. The van der Waals surface area contributed by atoms with Crippen LogP contribution in [0.25, 0.3) is 10.9 Å². The van der Waals surface area contributed by atoms with Crippen molar-refractivity contribution in [2.75, 3.05) is 0 Å². The summed E-state index contributed by atoms with van der Waals surface area (Å²) in [5, 5.41) is 4.05. The third-order valence-electron chi connectivity index (χ3n) is 3.66. The molecule has 0 aliphatic carbocycles. The molecular weight excluding hydrogens is 306 g/mol. The lowest BCUT2D eigenvalue weighted by atomic mass is 10.2. The number of aromatic amines is 1. The predicted octanol–water partition coefficient (Wildman–Crippen LogP) is 1.43. The Morgan fingerprint density at radius 1 is 1.22 bits per heavy atom. The van der Waals surface area contributed by atoms with E-state index in [0.717, 1.165) is 28.8 Å². The largest absolute Gasteiger partial charge is 0.328 e. The van der Waals surface area contributed by atoms with E-state index in [1.165, 1.54) is 0 Å². The molecule has 0 amide bonds. The van der Waals surface area contributed by atoms with E-state index in [-0.39, 0.29) is 17.4 Å². The Hall–Kier alpha value is -2.77. The second-order valence-electron chi connectivity index (χ2n) is 5.15. The summed E-state index contributed by atoms with van der Waals surface area (Å²) in [4.78, 5) is 26.7. The molecule has 0 fully saturated rings. The lowest BCUT2D eigenvalue weighted by Crippen LogP contribution is -2.35. The van der Waals surface area contributed by atoms with E-state index in [1.807, 2.05) is 13.1 Å². The fourth-order valence-electron chi connectivity index (χ4n) is 2.40. The number of hydrogen-bond donors (Lipinski definition) is 1. The molecule has 1 N–H and O–H groups in total. The molecule has 0 aliphatic rings. The summed E-state index contributed by atoms with van der Waals surface area (Å²) in [6, 6.07) is 1.61. The van der Waals surface area contributed by atoms with E-state index < -0.39 is 22.9 Å². The highest BCUT2D eigenvalue weighted by Gasteiger charge is 2.12. The summed E-state index contributed by atoms with van der Waals surface area (Å²) in [6.07, 6.45) is 3.92. The van der Waals surface area contributed by atoms with Crippen molar-refractivity contribution in [3.8, 4) is 0 Å². The van der Waals surface area contributed by atoms with Crippen LogP contribution >= 0.6 is 0 Å². The number of aryl methyl sites for hydroxylation is 2. The third-order valence-corrected chi connectivity index (χ3v) is 3.66. The molecule has 6 nitrogen and oxygen atoms in total. The Labute approximate surface area is 129 Å². The van der Waals surface area contributed by atoms with Crippen molar-refractivity contribution in [3.05, 3.63) is 62.6 Å². The average Bonchev–Trinajstić information content (AvgIpc) is 2.97. The molecule has 0 saturated carbocycles. The lowest BCUT2D eigenvalue weighted by molar-refractivity contribution is 0.510. The van der Waals surface area contributed by atoms with Gasteiger partial charge in [-0.1, -0.05) is 0 Å². The van der Waals surface area contributed by atoms with Crippen LogP contribution in [0.1, 0.15) is 12.5 Å². The zero-order chi connectivity index (χ0) is 16.6. The number of benzene rings is 1. The van der Waals surface area contributed by atoms with Gasteiger partial charge in [0.1, 0.15) is 0 Å². The van der Waals surface area contributed by atoms with Gasteiger partial charge in [0.25, 0.3) is 5.56 Å². The Bertz CT molecular complexity index is 987. The number of hydrogen-bond acceptors (Lipinski definition) is 3. The number of halogens is 2. The van der Waals surface area contributed by atoms with E-state index in [4.69, 9.17) is 0 Å². The first-order chi connectivity index (χ1) is 11.0. The molecule has 120 valence electrons. The molecule has 0 aliphatic heterocycles. The molecule has 8 heteroatoms. The smallest absolute Gasteiger partial charge is 0.307 e. The minimum Gasteiger partial charge on any atom is -0.307 e. The van der Waals surface area contributed by atoms with Gasteiger partial charge in [0.05, 0.1) is 17.1 Å². The highest BCUT2D eigenvalue weighted by Crippen LogP contribution is 2.12. The van der Waals surface area contributed by atoms with E-state index >= 15 is 0 Å². The zero-order valence-electron chi connectivity index (χ0n) is 12.3. The van der Waals surface area contributed by atoms with Crippen LogP contribution in [0.3, 0.4) is 0 Å². The second-order valence-corrected chi connectivity index (χ2v) is 5.15. The van der Waals surface area contributed by atoms with E-state index in [9.17, 15) is 18.4 Å². The van der Waals surface area contributed by atoms with Crippen molar-refractivity contribution in [3.63, 3.8) is 0 Å². The molecule has 0 unspecified atom stereocenters. The maximum absolute atomic E-state index is 13.3. The SMILES string of the molecule is CCn1cc(CCn2c(=O)[nH]c3cc(F)c(F)cc3c2=O)cn1. The molecule has 0 radical (unpaired) electrons. The summed E-state index contributed by atoms with van der Waals surface area (Å²) in [7, 11) is 0.